The van der Waals surface area contributed by atoms with Crippen LogP contribution in [0.2, 0.25) is 0 Å². The zero-order valence-corrected chi connectivity index (χ0v) is 9.33. The molecule has 1 amide bonds. The second-order valence-electron chi connectivity index (χ2n) is 4.12. The van der Waals surface area contributed by atoms with E-state index < -0.39 is 16.4 Å². The van der Waals surface area contributed by atoms with Crippen LogP contribution >= 0.6 is 0 Å². The van der Waals surface area contributed by atoms with Crippen LogP contribution in [-0.2, 0) is 0 Å². The molecule has 1 aromatic heterocycles. The SMILES string of the molecule is O=C(c1cc([N+](=O)[O-])c[nH]c1=O)N1CC(CO)C1. The van der Waals surface area contributed by atoms with Crippen LogP contribution in [0.3, 0.4) is 0 Å². The first-order chi connectivity index (χ1) is 8.52. The van der Waals surface area contributed by atoms with Gasteiger partial charge in [0.05, 0.1) is 11.1 Å². The largest absolute Gasteiger partial charge is 0.396 e. The van der Waals surface area contributed by atoms with Crippen LogP contribution < -0.4 is 5.56 Å². The molecule has 1 fully saturated rings. The zero-order chi connectivity index (χ0) is 13.3. The third kappa shape index (κ3) is 2.09. The van der Waals surface area contributed by atoms with E-state index in [2.05, 4.69) is 4.98 Å². The molecule has 2 heterocycles. The van der Waals surface area contributed by atoms with Crippen molar-refractivity contribution in [3.8, 4) is 0 Å². The Kier molecular flexibility index (Phi) is 3.11. The van der Waals surface area contributed by atoms with Gasteiger partial charge in [0.2, 0.25) is 0 Å². The Morgan fingerprint density at radius 1 is 1.61 bits per heavy atom. The molecule has 1 aliphatic heterocycles. The van der Waals surface area contributed by atoms with Gasteiger partial charge in [-0.1, -0.05) is 0 Å². The van der Waals surface area contributed by atoms with E-state index in [1.165, 1.54) is 4.90 Å². The van der Waals surface area contributed by atoms with Gasteiger partial charge in [-0.3, -0.25) is 19.7 Å². The van der Waals surface area contributed by atoms with E-state index in [9.17, 15) is 19.7 Å². The summed E-state index contributed by atoms with van der Waals surface area (Å²) in [5.74, 6) is -0.531. The summed E-state index contributed by atoms with van der Waals surface area (Å²) in [6.07, 6.45) is 0.950. The summed E-state index contributed by atoms with van der Waals surface area (Å²) in [6.45, 7) is 0.698. The van der Waals surface area contributed by atoms with Gasteiger partial charge in [-0.25, -0.2) is 0 Å². The zero-order valence-electron chi connectivity index (χ0n) is 9.33. The van der Waals surface area contributed by atoms with E-state index >= 15 is 0 Å². The molecule has 8 heteroatoms. The number of carbonyl (C=O) groups is 1. The fourth-order valence-electron chi connectivity index (χ4n) is 1.76. The van der Waals surface area contributed by atoms with Crippen LogP contribution in [-0.4, -0.2) is 45.5 Å². The smallest absolute Gasteiger partial charge is 0.286 e. The Morgan fingerprint density at radius 2 is 2.28 bits per heavy atom. The summed E-state index contributed by atoms with van der Waals surface area (Å²) in [7, 11) is 0. The average Bonchev–Trinajstić information content (AvgIpc) is 2.27. The molecule has 0 radical (unpaired) electrons. The average molecular weight is 253 g/mol. The van der Waals surface area contributed by atoms with Crippen LogP contribution in [0.1, 0.15) is 10.4 Å². The van der Waals surface area contributed by atoms with Crippen molar-refractivity contribution in [2.45, 2.75) is 0 Å². The number of aromatic nitrogens is 1. The van der Waals surface area contributed by atoms with Crippen LogP contribution in [0.4, 0.5) is 5.69 Å². The van der Waals surface area contributed by atoms with E-state index in [0.29, 0.717) is 13.1 Å². The highest BCUT2D eigenvalue weighted by molar-refractivity contribution is 5.94. The monoisotopic (exact) mass is 253 g/mol. The van der Waals surface area contributed by atoms with Crippen molar-refractivity contribution in [3.63, 3.8) is 0 Å². The van der Waals surface area contributed by atoms with E-state index in [1.807, 2.05) is 0 Å². The molecule has 0 atom stereocenters. The molecule has 8 nitrogen and oxygen atoms in total. The van der Waals surface area contributed by atoms with Crippen LogP contribution in [0.25, 0.3) is 0 Å². The number of aromatic amines is 1. The molecule has 0 aromatic carbocycles. The second kappa shape index (κ2) is 4.57. The summed E-state index contributed by atoms with van der Waals surface area (Å²) in [6, 6.07) is 0.966. The minimum atomic E-state index is -0.681. The first-order valence-corrected chi connectivity index (χ1v) is 5.30. The van der Waals surface area contributed by atoms with Gasteiger partial charge in [0.25, 0.3) is 17.2 Å². The number of amides is 1. The standard InChI is InChI=1S/C10H11N3O5/c14-5-6-3-12(4-6)10(16)8-1-7(13(17)18)2-11-9(8)15/h1-2,6,14H,3-5H2,(H,11,15). The number of pyridine rings is 1. The van der Waals surface area contributed by atoms with Crippen LogP contribution in [0, 0.1) is 16.0 Å². The Labute approximate surface area is 101 Å². The molecule has 0 aliphatic carbocycles. The van der Waals surface area contributed by atoms with Crippen molar-refractivity contribution in [1.82, 2.24) is 9.88 Å². The first kappa shape index (κ1) is 12.2. The minimum absolute atomic E-state index is 0.0188. The summed E-state index contributed by atoms with van der Waals surface area (Å²) < 4.78 is 0. The number of hydrogen-bond donors (Lipinski definition) is 2. The third-order valence-corrected chi connectivity index (χ3v) is 2.83. The number of H-pyrrole nitrogens is 1. The lowest BCUT2D eigenvalue weighted by Gasteiger charge is -2.37. The molecule has 0 saturated carbocycles. The normalized spacial score (nSPS) is 15.3. The van der Waals surface area contributed by atoms with Crippen molar-refractivity contribution in [2.24, 2.45) is 5.92 Å². The highest BCUT2D eigenvalue weighted by atomic mass is 16.6. The van der Waals surface area contributed by atoms with Gasteiger partial charge in [-0.05, 0) is 0 Å². The highest BCUT2D eigenvalue weighted by Crippen LogP contribution is 2.18. The number of nitro groups is 1. The summed E-state index contributed by atoms with van der Waals surface area (Å²) in [4.78, 5) is 36.8. The lowest BCUT2D eigenvalue weighted by atomic mass is 10.0. The Hall–Kier alpha value is -2.22. The van der Waals surface area contributed by atoms with Gasteiger partial charge in [0.1, 0.15) is 5.56 Å². The lowest BCUT2D eigenvalue weighted by Crippen LogP contribution is -2.52. The van der Waals surface area contributed by atoms with Crippen molar-refractivity contribution >= 4 is 11.6 Å². The van der Waals surface area contributed by atoms with Crippen molar-refractivity contribution in [1.29, 1.82) is 0 Å². The number of aliphatic hydroxyl groups excluding tert-OH is 1. The lowest BCUT2D eigenvalue weighted by molar-refractivity contribution is -0.385. The summed E-state index contributed by atoms with van der Waals surface area (Å²) in [5, 5.41) is 19.4. The molecule has 18 heavy (non-hydrogen) atoms. The van der Waals surface area contributed by atoms with Gasteiger partial charge in [-0.2, -0.15) is 0 Å². The number of likely N-dealkylation sites (tertiary alicyclic amines) is 1. The number of nitrogens with zero attached hydrogens (tertiary/aromatic N) is 2. The van der Waals surface area contributed by atoms with Crippen molar-refractivity contribution in [3.05, 3.63) is 38.3 Å². The molecule has 1 aromatic rings. The molecule has 0 spiro atoms. The fourth-order valence-corrected chi connectivity index (χ4v) is 1.76. The quantitative estimate of drug-likeness (QED) is 0.548. The van der Waals surface area contributed by atoms with Crippen LogP contribution in [0.15, 0.2) is 17.1 Å². The molecule has 2 rings (SSSR count). The third-order valence-electron chi connectivity index (χ3n) is 2.83. The maximum Gasteiger partial charge on any atom is 0.286 e. The molecule has 2 N–H and O–H groups in total. The van der Waals surface area contributed by atoms with E-state index in [0.717, 1.165) is 12.3 Å². The summed E-state index contributed by atoms with van der Waals surface area (Å²) in [5.41, 5.74) is -1.24. The van der Waals surface area contributed by atoms with Crippen molar-refractivity contribution in [2.75, 3.05) is 19.7 Å². The molecule has 0 unspecified atom stereocenters. The second-order valence-corrected chi connectivity index (χ2v) is 4.12. The molecule has 0 bridgehead atoms. The molecular formula is C10H11N3O5. The minimum Gasteiger partial charge on any atom is -0.396 e. The van der Waals surface area contributed by atoms with Gasteiger partial charge in [0.15, 0.2) is 0 Å². The molecular weight excluding hydrogens is 242 g/mol. The topological polar surface area (TPSA) is 117 Å². The van der Waals surface area contributed by atoms with Crippen molar-refractivity contribution < 1.29 is 14.8 Å². The molecule has 96 valence electrons. The Balaban J connectivity index is 2.23. The maximum absolute atomic E-state index is 11.9. The Bertz CT molecular complexity index is 547. The van der Waals surface area contributed by atoms with Gasteiger partial charge < -0.3 is 15.0 Å². The van der Waals surface area contributed by atoms with E-state index in [-0.39, 0.29) is 23.8 Å². The molecule has 1 aliphatic rings. The van der Waals surface area contributed by atoms with Gasteiger partial charge in [0, 0.05) is 31.7 Å². The number of nitrogens with one attached hydrogen (secondary N) is 1. The Morgan fingerprint density at radius 3 is 2.83 bits per heavy atom. The summed E-state index contributed by atoms with van der Waals surface area (Å²) >= 11 is 0. The highest BCUT2D eigenvalue weighted by Gasteiger charge is 2.32. The first-order valence-electron chi connectivity index (χ1n) is 5.30. The fraction of sp³-hybridized carbons (Fsp3) is 0.400. The number of aliphatic hydroxyl groups is 1. The van der Waals surface area contributed by atoms with Crippen LogP contribution in [0.5, 0.6) is 0 Å². The number of rotatable bonds is 3. The molecule has 1 saturated heterocycles. The van der Waals surface area contributed by atoms with Gasteiger partial charge >= 0.3 is 0 Å². The predicted octanol–water partition coefficient (Wildman–Crippen LogP) is -0.653. The maximum atomic E-state index is 11.9. The van der Waals surface area contributed by atoms with E-state index in [1.54, 1.807) is 0 Å². The van der Waals surface area contributed by atoms with Gasteiger partial charge in [-0.15, -0.1) is 0 Å². The number of carbonyl (C=O) groups excluding carboxylic acids is 1. The number of hydrogen-bond acceptors (Lipinski definition) is 5. The predicted molar refractivity (Wildman–Crippen MR) is 60.2 cm³/mol. The van der Waals surface area contributed by atoms with E-state index in [4.69, 9.17) is 5.11 Å².